The second-order valence-corrected chi connectivity index (χ2v) is 6.07. The van der Waals surface area contributed by atoms with E-state index in [0.29, 0.717) is 11.6 Å². The smallest absolute Gasteiger partial charge is 0.413 e. The molecule has 1 heterocycles. The average Bonchev–Trinajstić information content (AvgIpc) is 2.48. The highest BCUT2D eigenvalue weighted by Crippen LogP contribution is 2.20. The molecule has 0 radical (unpaired) electrons. The van der Waals surface area contributed by atoms with Crippen LogP contribution in [0.3, 0.4) is 0 Å². The number of hydrogen-bond donors (Lipinski definition) is 2. The van der Waals surface area contributed by atoms with Gasteiger partial charge in [0.05, 0.1) is 0 Å². The minimum absolute atomic E-state index is 0.341. The molecule has 0 fully saturated rings. The normalized spacial score (nSPS) is 11.0. The predicted molar refractivity (Wildman–Crippen MR) is 91.0 cm³/mol. The lowest BCUT2D eigenvalue weighted by molar-refractivity contribution is 0.0635. The Morgan fingerprint density at radius 2 is 1.74 bits per heavy atom. The summed E-state index contributed by atoms with van der Waals surface area (Å²) in [4.78, 5) is 11.7. The van der Waals surface area contributed by atoms with Gasteiger partial charge in [-0.15, -0.1) is 10.2 Å². The Morgan fingerprint density at radius 3 is 2.35 bits per heavy atom. The summed E-state index contributed by atoms with van der Waals surface area (Å²) in [6, 6.07) is 11.5. The molecule has 0 atom stereocenters. The number of aryl methyl sites for hydroxylation is 1. The predicted octanol–water partition coefficient (Wildman–Crippen LogP) is 4.13. The van der Waals surface area contributed by atoms with Gasteiger partial charge in [-0.3, -0.25) is 5.32 Å². The average molecular weight is 314 g/mol. The number of nitrogens with one attached hydrogen (secondary N) is 2. The van der Waals surface area contributed by atoms with Gasteiger partial charge in [-0.2, -0.15) is 0 Å². The molecule has 0 spiro atoms. The zero-order valence-corrected chi connectivity index (χ0v) is 13.9. The summed E-state index contributed by atoms with van der Waals surface area (Å²) >= 11 is 0. The van der Waals surface area contributed by atoms with Gasteiger partial charge in [-0.25, -0.2) is 4.79 Å². The molecule has 1 aromatic carbocycles. The molecular formula is C17H22N4O2. The van der Waals surface area contributed by atoms with Gasteiger partial charge in [-0.1, -0.05) is 25.1 Å². The highest BCUT2D eigenvalue weighted by Gasteiger charge is 2.16. The topological polar surface area (TPSA) is 76.1 Å². The van der Waals surface area contributed by atoms with Crippen LogP contribution in [0.5, 0.6) is 0 Å². The molecule has 0 saturated carbocycles. The molecule has 0 bridgehead atoms. The van der Waals surface area contributed by atoms with Crippen LogP contribution in [0.2, 0.25) is 0 Å². The van der Waals surface area contributed by atoms with E-state index in [2.05, 4.69) is 33.8 Å². The Bertz CT molecular complexity index is 663. The van der Waals surface area contributed by atoms with Crippen LogP contribution in [0.4, 0.5) is 22.1 Å². The van der Waals surface area contributed by atoms with E-state index in [0.717, 1.165) is 12.1 Å². The summed E-state index contributed by atoms with van der Waals surface area (Å²) in [6.07, 6.45) is 0.373. The van der Waals surface area contributed by atoms with Crippen molar-refractivity contribution in [1.82, 2.24) is 10.2 Å². The van der Waals surface area contributed by atoms with E-state index >= 15 is 0 Å². The van der Waals surface area contributed by atoms with Crippen LogP contribution < -0.4 is 10.6 Å². The molecule has 2 N–H and O–H groups in total. The third kappa shape index (κ3) is 5.25. The van der Waals surface area contributed by atoms with Crippen molar-refractivity contribution in [2.24, 2.45) is 0 Å². The van der Waals surface area contributed by atoms with Gasteiger partial charge in [0.2, 0.25) is 0 Å². The van der Waals surface area contributed by atoms with Crippen molar-refractivity contribution in [2.45, 2.75) is 39.7 Å². The number of benzene rings is 1. The lowest BCUT2D eigenvalue weighted by Crippen LogP contribution is -2.27. The minimum Gasteiger partial charge on any atom is -0.444 e. The SMILES string of the molecule is CCc1ccccc1Nc1ccc(NC(=O)OC(C)(C)C)nn1. The number of carbonyl (C=O) groups is 1. The summed E-state index contributed by atoms with van der Waals surface area (Å²) in [5, 5.41) is 13.8. The maximum atomic E-state index is 11.7. The van der Waals surface area contributed by atoms with Crippen LogP contribution in [0, 0.1) is 0 Å². The van der Waals surface area contributed by atoms with E-state index in [9.17, 15) is 4.79 Å². The second-order valence-electron chi connectivity index (χ2n) is 6.07. The van der Waals surface area contributed by atoms with Gasteiger partial charge in [-0.05, 0) is 51.0 Å². The summed E-state index contributed by atoms with van der Waals surface area (Å²) in [5.41, 5.74) is 1.64. The van der Waals surface area contributed by atoms with Crippen LogP contribution in [0.1, 0.15) is 33.3 Å². The Morgan fingerprint density at radius 1 is 1.09 bits per heavy atom. The number of amides is 1. The van der Waals surface area contributed by atoms with Crippen molar-refractivity contribution in [3.63, 3.8) is 0 Å². The summed E-state index contributed by atoms with van der Waals surface area (Å²) in [6.45, 7) is 7.50. The minimum atomic E-state index is -0.553. The Labute approximate surface area is 136 Å². The molecule has 122 valence electrons. The third-order valence-electron chi connectivity index (χ3n) is 2.95. The van der Waals surface area contributed by atoms with E-state index in [1.165, 1.54) is 5.56 Å². The van der Waals surface area contributed by atoms with Gasteiger partial charge in [0.15, 0.2) is 11.6 Å². The first-order chi connectivity index (χ1) is 10.9. The zero-order chi connectivity index (χ0) is 16.9. The molecular weight excluding hydrogens is 292 g/mol. The molecule has 2 aromatic rings. The van der Waals surface area contributed by atoms with E-state index in [1.54, 1.807) is 32.9 Å². The zero-order valence-electron chi connectivity index (χ0n) is 13.9. The Balaban J connectivity index is 2.01. The molecule has 1 amide bonds. The number of carbonyl (C=O) groups excluding carboxylic acids is 1. The standard InChI is InChI=1S/C17H22N4O2/c1-5-12-8-6-7-9-13(12)18-14-10-11-15(21-20-14)19-16(22)23-17(2,3)4/h6-11H,5H2,1-4H3,(H,18,20)(H,19,21,22). The maximum Gasteiger partial charge on any atom is 0.413 e. The summed E-state index contributed by atoms with van der Waals surface area (Å²) in [5.74, 6) is 0.953. The molecule has 0 aliphatic rings. The van der Waals surface area contributed by atoms with Gasteiger partial charge < -0.3 is 10.1 Å². The Hall–Kier alpha value is -2.63. The van der Waals surface area contributed by atoms with Crippen molar-refractivity contribution < 1.29 is 9.53 Å². The quantitative estimate of drug-likeness (QED) is 0.887. The van der Waals surface area contributed by atoms with Gasteiger partial charge in [0.25, 0.3) is 0 Å². The summed E-state index contributed by atoms with van der Waals surface area (Å²) < 4.78 is 5.16. The lowest BCUT2D eigenvalue weighted by atomic mass is 10.1. The van der Waals surface area contributed by atoms with E-state index in [4.69, 9.17) is 4.74 Å². The monoisotopic (exact) mass is 314 g/mol. The number of rotatable bonds is 4. The third-order valence-corrected chi connectivity index (χ3v) is 2.95. The molecule has 1 aromatic heterocycles. The summed E-state index contributed by atoms with van der Waals surface area (Å²) in [7, 11) is 0. The molecule has 6 heteroatoms. The van der Waals surface area contributed by atoms with E-state index in [-0.39, 0.29) is 0 Å². The van der Waals surface area contributed by atoms with Crippen LogP contribution >= 0.6 is 0 Å². The first kappa shape index (κ1) is 16.7. The number of hydrogen-bond acceptors (Lipinski definition) is 5. The molecule has 0 aliphatic heterocycles. The number of para-hydroxylation sites is 1. The fraction of sp³-hybridized carbons (Fsp3) is 0.353. The van der Waals surface area contributed by atoms with E-state index in [1.807, 2.05) is 18.2 Å². The fourth-order valence-electron chi connectivity index (χ4n) is 1.96. The van der Waals surface area contributed by atoms with Crippen LogP contribution in [-0.2, 0) is 11.2 Å². The fourth-order valence-corrected chi connectivity index (χ4v) is 1.96. The highest BCUT2D eigenvalue weighted by atomic mass is 16.6. The molecule has 6 nitrogen and oxygen atoms in total. The van der Waals surface area contributed by atoms with Gasteiger partial charge in [0.1, 0.15) is 5.60 Å². The highest BCUT2D eigenvalue weighted by molar-refractivity contribution is 5.83. The first-order valence-electron chi connectivity index (χ1n) is 7.56. The largest absolute Gasteiger partial charge is 0.444 e. The van der Waals surface area contributed by atoms with Crippen molar-refractivity contribution >= 4 is 23.4 Å². The number of anilines is 3. The van der Waals surface area contributed by atoms with Crippen LogP contribution in [-0.4, -0.2) is 21.9 Å². The molecule has 0 saturated heterocycles. The van der Waals surface area contributed by atoms with Crippen LogP contribution in [0.15, 0.2) is 36.4 Å². The number of aromatic nitrogens is 2. The van der Waals surface area contributed by atoms with E-state index < -0.39 is 11.7 Å². The van der Waals surface area contributed by atoms with Gasteiger partial charge in [0, 0.05) is 5.69 Å². The lowest BCUT2D eigenvalue weighted by Gasteiger charge is -2.19. The van der Waals surface area contributed by atoms with Crippen molar-refractivity contribution in [3.8, 4) is 0 Å². The molecule has 23 heavy (non-hydrogen) atoms. The van der Waals surface area contributed by atoms with Gasteiger partial charge >= 0.3 is 6.09 Å². The molecule has 0 unspecified atom stereocenters. The molecule has 0 aliphatic carbocycles. The van der Waals surface area contributed by atoms with Crippen molar-refractivity contribution in [3.05, 3.63) is 42.0 Å². The van der Waals surface area contributed by atoms with Crippen molar-refractivity contribution in [1.29, 1.82) is 0 Å². The maximum absolute atomic E-state index is 11.7. The molecule has 2 rings (SSSR count). The van der Waals surface area contributed by atoms with Crippen molar-refractivity contribution in [2.75, 3.05) is 10.6 Å². The second kappa shape index (κ2) is 7.09. The Kier molecular flexibility index (Phi) is 5.16. The first-order valence-corrected chi connectivity index (χ1v) is 7.56. The van der Waals surface area contributed by atoms with Crippen LogP contribution in [0.25, 0.3) is 0 Å². The number of ether oxygens (including phenoxy) is 1. The number of nitrogens with zero attached hydrogens (tertiary/aromatic N) is 2.